The SMILES string of the molecule is Cc1cc(=O)c2c(F)c(F)c(Sc3ccccc3N)c(F)c2o1. The summed E-state index contributed by atoms with van der Waals surface area (Å²) in [7, 11) is 0. The van der Waals surface area contributed by atoms with Crippen molar-refractivity contribution in [2.24, 2.45) is 0 Å². The van der Waals surface area contributed by atoms with Crippen LogP contribution in [0.15, 0.2) is 49.3 Å². The Bertz CT molecular complexity index is 985. The van der Waals surface area contributed by atoms with Crippen molar-refractivity contribution in [2.75, 3.05) is 5.73 Å². The highest BCUT2D eigenvalue weighted by molar-refractivity contribution is 7.99. The van der Waals surface area contributed by atoms with Crippen molar-refractivity contribution >= 4 is 28.4 Å². The van der Waals surface area contributed by atoms with Gasteiger partial charge in [0, 0.05) is 16.6 Å². The Morgan fingerprint density at radius 1 is 1.09 bits per heavy atom. The van der Waals surface area contributed by atoms with E-state index < -0.39 is 38.7 Å². The van der Waals surface area contributed by atoms with Crippen LogP contribution in [-0.4, -0.2) is 0 Å². The lowest BCUT2D eigenvalue weighted by atomic mass is 10.2. The van der Waals surface area contributed by atoms with Gasteiger partial charge in [-0.3, -0.25) is 4.79 Å². The van der Waals surface area contributed by atoms with Gasteiger partial charge in [-0.15, -0.1) is 0 Å². The zero-order valence-corrected chi connectivity index (χ0v) is 12.6. The van der Waals surface area contributed by atoms with Gasteiger partial charge in [-0.25, -0.2) is 13.2 Å². The Morgan fingerprint density at radius 2 is 1.78 bits per heavy atom. The third kappa shape index (κ3) is 2.57. The maximum Gasteiger partial charge on any atom is 0.196 e. The standard InChI is InChI=1S/C16H10F3NO2S/c1-7-6-9(21)11-12(17)13(18)16(14(19)15(11)22-7)23-10-5-3-2-4-8(10)20/h2-6H,20H2,1H3. The summed E-state index contributed by atoms with van der Waals surface area (Å²) >= 11 is 0.631. The molecule has 0 bridgehead atoms. The molecule has 1 heterocycles. The average Bonchev–Trinajstić information content (AvgIpc) is 2.50. The Morgan fingerprint density at radius 3 is 2.48 bits per heavy atom. The second-order valence-corrected chi connectivity index (χ2v) is 5.89. The van der Waals surface area contributed by atoms with Gasteiger partial charge in [0.05, 0.1) is 4.90 Å². The minimum Gasteiger partial charge on any atom is -0.458 e. The maximum atomic E-state index is 14.6. The van der Waals surface area contributed by atoms with Crippen LogP contribution in [0.4, 0.5) is 18.9 Å². The van der Waals surface area contributed by atoms with Gasteiger partial charge in [0.15, 0.2) is 28.5 Å². The summed E-state index contributed by atoms with van der Waals surface area (Å²) in [6.45, 7) is 1.42. The molecule has 0 unspecified atom stereocenters. The smallest absolute Gasteiger partial charge is 0.196 e. The van der Waals surface area contributed by atoms with Gasteiger partial charge in [-0.05, 0) is 19.1 Å². The Labute approximate surface area is 132 Å². The molecule has 0 fully saturated rings. The van der Waals surface area contributed by atoms with E-state index in [1.54, 1.807) is 24.3 Å². The fraction of sp³-hybridized carbons (Fsp3) is 0.0625. The van der Waals surface area contributed by atoms with Crippen LogP contribution in [0.1, 0.15) is 5.76 Å². The van der Waals surface area contributed by atoms with Crippen LogP contribution in [0.3, 0.4) is 0 Å². The molecule has 0 atom stereocenters. The normalized spacial score (nSPS) is 11.1. The number of para-hydroxylation sites is 1. The summed E-state index contributed by atoms with van der Waals surface area (Å²) in [6.07, 6.45) is 0. The molecule has 0 aliphatic heterocycles. The number of anilines is 1. The highest BCUT2D eigenvalue weighted by Gasteiger charge is 2.25. The zero-order chi connectivity index (χ0) is 16.7. The minimum atomic E-state index is -1.44. The van der Waals surface area contributed by atoms with Gasteiger partial charge in [-0.2, -0.15) is 0 Å². The van der Waals surface area contributed by atoms with Crippen molar-refractivity contribution in [1.82, 2.24) is 0 Å². The van der Waals surface area contributed by atoms with Gasteiger partial charge in [-0.1, -0.05) is 23.9 Å². The molecule has 3 aromatic rings. The van der Waals surface area contributed by atoms with Gasteiger partial charge >= 0.3 is 0 Å². The Hall–Kier alpha value is -2.41. The Kier molecular flexibility index (Phi) is 3.81. The van der Waals surface area contributed by atoms with Gasteiger partial charge in [0.2, 0.25) is 0 Å². The van der Waals surface area contributed by atoms with Gasteiger partial charge < -0.3 is 10.2 Å². The van der Waals surface area contributed by atoms with Gasteiger partial charge in [0.1, 0.15) is 11.1 Å². The molecule has 3 nitrogen and oxygen atoms in total. The van der Waals surface area contributed by atoms with Crippen molar-refractivity contribution < 1.29 is 17.6 Å². The summed E-state index contributed by atoms with van der Waals surface area (Å²) in [6, 6.07) is 7.38. The predicted octanol–water partition coefficient (Wildman–Crippen LogP) is 4.25. The highest BCUT2D eigenvalue weighted by Crippen LogP contribution is 2.38. The van der Waals surface area contributed by atoms with Crippen LogP contribution in [0.5, 0.6) is 0 Å². The van der Waals surface area contributed by atoms with E-state index in [0.29, 0.717) is 22.3 Å². The molecule has 23 heavy (non-hydrogen) atoms. The van der Waals surface area contributed by atoms with E-state index in [0.717, 1.165) is 6.07 Å². The first-order valence-electron chi connectivity index (χ1n) is 6.53. The highest BCUT2D eigenvalue weighted by atomic mass is 32.2. The summed E-state index contributed by atoms with van der Waals surface area (Å²) in [5.74, 6) is -3.91. The second kappa shape index (κ2) is 5.66. The van der Waals surface area contributed by atoms with E-state index in [2.05, 4.69) is 0 Å². The monoisotopic (exact) mass is 337 g/mol. The first-order valence-corrected chi connectivity index (χ1v) is 7.35. The molecule has 0 amide bonds. The molecule has 0 aliphatic rings. The molecule has 0 radical (unpaired) electrons. The van der Waals surface area contributed by atoms with E-state index >= 15 is 0 Å². The van der Waals surface area contributed by atoms with E-state index in [9.17, 15) is 18.0 Å². The van der Waals surface area contributed by atoms with Crippen LogP contribution < -0.4 is 11.2 Å². The molecule has 0 saturated heterocycles. The third-order valence-corrected chi connectivity index (χ3v) is 4.37. The first kappa shape index (κ1) is 15.5. The zero-order valence-electron chi connectivity index (χ0n) is 11.8. The van der Waals surface area contributed by atoms with Crippen LogP contribution >= 0.6 is 11.8 Å². The predicted molar refractivity (Wildman–Crippen MR) is 82.1 cm³/mol. The summed E-state index contributed by atoms with van der Waals surface area (Å²) in [5, 5.41) is -0.740. The summed E-state index contributed by atoms with van der Waals surface area (Å²) in [5.41, 5.74) is 4.58. The number of hydrogen-bond donors (Lipinski definition) is 1. The number of nitrogens with two attached hydrogens (primary N) is 1. The lowest BCUT2D eigenvalue weighted by Crippen LogP contribution is -2.07. The summed E-state index contributed by atoms with van der Waals surface area (Å²) in [4.78, 5) is 11.5. The van der Waals surface area contributed by atoms with Crippen LogP contribution in [0, 0.1) is 24.4 Å². The van der Waals surface area contributed by atoms with Crippen molar-refractivity contribution in [3.63, 3.8) is 0 Å². The topological polar surface area (TPSA) is 56.2 Å². The van der Waals surface area contributed by atoms with Crippen molar-refractivity contribution in [3.8, 4) is 0 Å². The van der Waals surface area contributed by atoms with E-state index in [1.807, 2.05) is 0 Å². The third-order valence-electron chi connectivity index (χ3n) is 3.21. The molecular weight excluding hydrogens is 327 g/mol. The number of halogens is 3. The lowest BCUT2D eigenvalue weighted by molar-refractivity contribution is 0.458. The molecule has 2 aromatic carbocycles. The fourth-order valence-corrected chi connectivity index (χ4v) is 3.07. The number of nitrogen functional groups attached to an aromatic ring is 1. The minimum absolute atomic E-state index is 0.0996. The number of aryl methyl sites for hydroxylation is 1. The van der Waals surface area contributed by atoms with Crippen molar-refractivity contribution in [1.29, 1.82) is 0 Å². The molecule has 118 valence electrons. The molecule has 2 N–H and O–H groups in total. The largest absolute Gasteiger partial charge is 0.458 e. The first-order chi connectivity index (χ1) is 10.9. The van der Waals surface area contributed by atoms with E-state index in [4.69, 9.17) is 10.2 Å². The fourth-order valence-electron chi connectivity index (χ4n) is 2.15. The maximum absolute atomic E-state index is 14.6. The average molecular weight is 337 g/mol. The van der Waals surface area contributed by atoms with E-state index in [-0.39, 0.29) is 5.76 Å². The van der Waals surface area contributed by atoms with Crippen LogP contribution in [-0.2, 0) is 0 Å². The van der Waals surface area contributed by atoms with Crippen LogP contribution in [0.2, 0.25) is 0 Å². The van der Waals surface area contributed by atoms with Gasteiger partial charge in [0.25, 0.3) is 0 Å². The molecule has 0 aliphatic carbocycles. The molecule has 7 heteroatoms. The number of rotatable bonds is 2. The number of hydrogen-bond acceptors (Lipinski definition) is 4. The van der Waals surface area contributed by atoms with Crippen molar-refractivity contribution in [3.05, 3.63) is 63.8 Å². The number of fused-ring (bicyclic) bond motifs is 1. The quantitative estimate of drug-likeness (QED) is 0.561. The number of benzene rings is 2. The summed E-state index contributed by atoms with van der Waals surface area (Å²) < 4.78 is 48.1. The molecule has 0 spiro atoms. The second-order valence-electron chi connectivity index (χ2n) is 4.84. The van der Waals surface area contributed by atoms with E-state index in [1.165, 1.54) is 6.92 Å². The molecule has 1 aromatic heterocycles. The lowest BCUT2D eigenvalue weighted by Gasteiger charge is -2.10. The Balaban J connectivity index is 2.30. The van der Waals surface area contributed by atoms with Crippen LogP contribution in [0.25, 0.3) is 11.0 Å². The van der Waals surface area contributed by atoms with Crippen molar-refractivity contribution in [2.45, 2.75) is 16.7 Å². The molecular formula is C16H10F3NO2S. The molecule has 3 rings (SSSR count). The molecule has 0 saturated carbocycles.